The Kier molecular flexibility index (Phi) is 3.93. The van der Waals surface area contributed by atoms with E-state index in [1.54, 1.807) is 26.4 Å². The van der Waals surface area contributed by atoms with Crippen LogP contribution in [0.2, 0.25) is 0 Å². The molecular formula is C16H14N2O3S. The summed E-state index contributed by atoms with van der Waals surface area (Å²) in [6.45, 7) is 0. The van der Waals surface area contributed by atoms with Crippen molar-refractivity contribution in [2.24, 2.45) is 4.99 Å². The Bertz CT molecular complexity index is 741. The molecule has 1 aromatic carbocycles. The SMILES string of the molecule is COc1cc(/C=C2/N=C(c3cccs3)NC2=O)cc(OC)c1. The zero-order valence-corrected chi connectivity index (χ0v) is 12.9. The van der Waals surface area contributed by atoms with Gasteiger partial charge in [0.2, 0.25) is 0 Å². The molecule has 1 aromatic heterocycles. The zero-order chi connectivity index (χ0) is 15.5. The van der Waals surface area contributed by atoms with Gasteiger partial charge in [0.15, 0.2) is 5.84 Å². The van der Waals surface area contributed by atoms with E-state index in [9.17, 15) is 4.79 Å². The van der Waals surface area contributed by atoms with Crippen LogP contribution in [0.4, 0.5) is 0 Å². The molecule has 0 saturated carbocycles. The van der Waals surface area contributed by atoms with Gasteiger partial charge in [0.1, 0.15) is 17.2 Å². The van der Waals surface area contributed by atoms with Crippen molar-refractivity contribution < 1.29 is 14.3 Å². The number of amidine groups is 1. The van der Waals surface area contributed by atoms with Crippen molar-refractivity contribution in [2.45, 2.75) is 0 Å². The lowest BCUT2D eigenvalue weighted by atomic mass is 10.1. The smallest absolute Gasteiger partial charge is 0.275 e. The van der Waals surface area contributed by atoms with E-state index >= 15 is 0 Å². The summed E-state index contributed by atoms with van der Waals surface area (Å²) in [7, 11) is 3.17. The largest absolute Gasteiger partial charge is 0.497 e. The Balaban J connectivity index is 1.96. The monoisotopic (exact) mass is 314 g/mol. The third-order valence-electron chi connectivity index (χ3n) is 3.13. The van der Waals surface area contributed by atoms with Gasteiger partial charge >= 0.3 is 0 Å². The van der Waals surface area contributed by atoms with Crippen LogP contribution in [-0.4, -0.2) is 26.0 Å². The maximum atomic E-state index is 12.0. The molecule has 2 heterocycles. The Labute approximate surface area is 131 Å². The number of nitrogens with zero attached hydrogens (tertiary/aromatic N) is 1. The Hall–Kier alpha value is -2.60. The molecule has 2 aromatic rings. The molecule has 0 radical (unpaired) electrons. The van der Waals surface area contributed by atoms with E-state index in [2.05, 4.69) is 10.3 Å². The summed E-state index contributed by atoms with van der Waals surface area (Å²) in [5.41, 5.74) is 1.15. The van der Waals surface area contributed by atoms with Crippen LogP contribution in [0.15, 0.2) is 46.4 Å². The van der Waals surface area contributed by atoms with Crippen molar-refractivity contribution >= 4 is 29.2 Å². The molecule has 0 fully saturated rings. The van der Waals surface area contributed by atoms with Gasteiger partial charge in [-0.1, -0.05) is 6.07 Å². The first-order valence-electron chi connectivity index (χ1n) is 6.58. The first-order chi connectivity index (χ1) is 10.7. The molecule has 1 N–H and O–H groups in total. The predicted molar refractivity (Wildman–Crippen MR) is 86.5 cm³/mol. The van der Waals surface area contributed by atoms with Crippen LogP contribution in [0.25, 0.3) is 6.08 Å². The minimum atomic E-state index is -0.217. The number of aliphatic imine (C=N–C) groups is 1. The second-order valence-corrected chi connectivity index (χ2v) is 5.52. The lowest BCUT2D eigenvalue weighted by Crippen LogP contribution is -2.23. The number of methoxy groups -OCH3 is 2. The summed E-state index contributed by atoms with van der Waals surface area (Å²) < 4.78 is 10.4. The van der Waals surface area contributed by atoms with Crippen LogP contribution in [0.3, 0.4) is 0 Å². The van der Waals surface area contributed by atoms with Crippen molar-refractivity contribution in [1.82, 2.24) is 5.32 Å². The van der Waals surface area contributed by atoms with E-state index < -0.39 is 0 Å². The van der Waals surface area contributed by atoms with Crippen LogP contribution in [0, 0.1) is 0 Å². The summed E-state index contributed by atoms with van der Waals surface area (Å²) in [4.78, 5) is 17.3. The molecular weight excluding hydrogens is 300 g/mol. The van der Waals surface area contributed by atoms with E-state index in [0.29, 0.717) is 23.0 Å². The predicted octanol–water partition coefficient (Wildman–Crippen LogP) is 2.68. The van der Waals surface area contributed by atoms with Crippen molar-refractivity contribution in [3.63, 3.8) is 0 Å². The highest BCUT2D eigenvalue weighted by atomic mass is 32.1. The number of hydrogen-bond donors (Lipinski definition) is 1. The first-order valence-corrected chi connectivity index (χ1v) is 7.46. The number of rotatable bonds is 4. The lowest BCUT2D eigenvalue weighted by molar-refractivity contribution is -0.115. The van der Waals surface area contributed by atoms with Crippen molar-refractivity contribution in [3.05, 3.63) is 51.8 Å². The van der Waals surface area contributed by atoms with Crippen LogP contribution >= 0.6 is 11.3 Å². The topological polar surface area (TPSA) is 59.9 Å². The summed E-state index contributed by atoms with van der Waals surface area (Å²) in [6.07, 6.45) is 1.71. The van der Waals surface area contributed by atoms with Gasteiger partial charge < -0.3 is 14.8 Å². The van der Waals surface area contributed by atoms with Crippen molar-refractivity contribution in [2.75, 3.05) is 14.2 Å². The summed E-state index contributed by atoms with van der Waals surface area (Å²) in [6, 6.07) is 9.25. The Morgan fingerprint density at radius 3 is 2.50 bits per heavy atom. The molecule has 22 heavy (non-hydrogen) atoms. The van der Waals surface area contributed by atoms with E-state index in [0.717, 1.165) is 10.4 Å². The molecule has 0 saturated heterocycles. The maximum Gasteiger partial charge on any atom is 0.275 e. The van der Waals surface area contributed by atoms with Gasteiger partial charge in [-0.05, 0) is 35.2 Å². The minimum absolute atomic E-state index is 0.217. The number of ether oxygens (including phenoxy) is 2. The second kappa shape index (κ2) is 6.03. The zero-order valence-electron chi connectivity index (χ0n) is 12.1. The van der Waals surface area contributed by atoms with Crippen LogP contribution < -0.4 is 14.8 Å². The minimum Gasteiger partial charge on any atom is -0.497 e. The molecule has 6 heteroatoms. The Morgan fingerprint density at radius 1 is 1.18 bits per heavy atom. The van der Waals surface area contributed by atoms with E-state index in [-0.39, 0.29) is 5.91 Å². The molecule has 3 rings (SSSR count). The molecule has 1 aliphatic heterocycles. The molecule has 1 amide bonds. The van der Waals surface area contributed by atoms with Crippen molar-refractivity contribution in [3.8, 4) is 11.5 Å². The third-order valence-corrected chi connectivity index (χ3v) is 4.01. The van der Waals surface area contributed by atoms with Gasteiger partial charge in [0, 0.05) is 6.07 Å². The van der Waals surface area contributed by atoms with Gasteiger partial charge in [-0.3, -0.25) is 4.79 Å². The lowest BCUT2D eigenvalue weighted by Gasteiger charge is -2.05. The molecule has 0 unspecified atom stereocenters. The van der Waals surface area contributed by atoms with Crippen LogP contribution in [0.1, 0.15) is 10.4 Å². The fourth-order valence-electron chi connectivity index (χ4n) is 2.07. The Morgan fingerprint density at radius 2 is 1.91 bits per heavy atom. The third kappa shape index (κ3) is 2.87. The number of nitrogens with one attached hydrogen (secondary N) is 1. The molecule has 0 aliphatic carbocycles. The first kappa shape index (κ1) is 14.3. The van der Waals surface area contributed by atoms with Crippen LogP contribution in [-0.2, 0) is 4.79 Å². The number of hydrogen-bond acceptors (Lipinski definition) is 5. The van der Waals surface area contributed by atoms with Gasteiger partial charge in [-0.15, -0.1) is 11.3 Å². The van der Waals surface area contributed by atoms with E-state index in [4.69, 9.17) is 9.47 Å². The average molecular weight is 314 g/mol. The molecule has 0 atom stereocenters. The molecule has 0 bridgehead atoms. The molecule has 5 nitrogen and oxygen atoms in total. The summed E-state index contributed by atoms with van der Waals surface area (Å²) in [5.74, 6) is 1.69. The highest BCUT2D eigenvalue weighted by molar-refractivity contribution is 7.12. The normalized spacial score (nSPS) is 15.6. The highest BCUT2D eigenvalue weighted by Gasteiger charge is 2.21. The fraction of sp³-hybridized carbons (Fsp3) is 0.125. The molecule has 1 aliphatic rings. The summed E-state index contributed by atoms with van der Waals surface area (Å²) in [5, 5.41) is 4.72. The number of benzene rings is 1. The summed E-state index contributed by atoms with van der Waals surface area (Å²) >= 11 is 1.53. The van der Waals surface area contributed by atoms with Crippen molar-refractivity contribution in [1.29, 1.82) is 0 Å². The maximum absolute atomic E-state index is 12.0. The number of carbonyl (C=O) groups is 1. The number of amides is 1. The fourth-order valence-corrected chi connectivity index (χ4v) is 2.74. The van der Waals surface area contributed by atoms with Gasteiger partial charge in [0.25, 0.3) is 5.91 Å². The highest BCUT2D eigenvalue weighted by Crippen LogP contribution is 2.25. The average Bonchev–Trinajstić information content (AvgIpc) is 3.17. The van der Waals surface area contributed by atoms with Gasteiger partial charge in [0.05, 0.1) is 19.1 Å². The molecule has 112 valence electrons. The standard InChI is InChI=1S/C16H14N2O3S/c1-20-11-6-10(7-12(9-11)21-2)8-13-16(19)18-15(17-13)14-4-3-5-22-14/h3-9H,1-2H3,(H,17,18,19)/b13-8+. The van der Waals surface area contributed by atoms with Gasteiger partial charge in [-0.2, -0.15) is 0 Å². The number of carbonyl (C=O) groups excluding carboxylic acids is 1. The van der Waals surface area contributed by atoms with E-state index in [1.807, 2.05) is 29.6 Å². The second-order valence-electron chi connectivity index (χ2n) is 4.57. The van der Waals surface area contributed by atoms with Gasteiger partial charge in [-0.25, -0.2) is 4.99 Å². The van der Waals surface area contributed by atoms with E-state index in [1.165, 1.54) is 11.3 Å². The quantitative estimate of drug-likeness (QED) is 0.883. The number of thiophene rings is 1. The van der Waals surface area contributed by atoms with Crippen LogP contribution in [0.5, 0.6) is 11.5 Å². The molecule has 0 spiro atoms.